The van der Waals surface area contributed by atoms with Crippen LogP contribution in [-0.2, 0) is 9.59 Å². The Hall–Kier alpha value is -1.10. The second-order valence-corrected chi connectivity index (χ2v) is 10.7. The summed E-state index contributed by atoms with van der Waals surface area (Å²) in [7, 11) is 0. The first-order valence-electron chi connectivity index (χ1n) is 15.3. The monoisotopic (exact) mass is 496 g/mol. The van der Waals surface area contributed by atoms with Gasteiger partial charge in [-0.1, -0.05) is 129 Å². The molecule has 0 radical (unpaired) electrons. The number of carboxylic acid groups (broad SMARTS) is 1. The van der Waals surface area contributed by atoms with Crippen LogP contribution in [0.5, 0.6) is 0 Å². The molecule has 0 saturated heterocycles. The summed E-state index contributed by atoms with van der Waals surface area (Å²) in [6.45, 7) is 4.48. The molecule has 0 aromatic carbocycles. The maximum absolute atomic E-state index is 11.9. The van der Waals surface area contributed by atoms with E-state index in [2.05, 4.69) is 19.2 Å². The lowest BCUT2D eigenvalue weighted by atomic mass is 9.91. The van der Waals surface area contributed by atoms with Gasteiger partial charge in [0, 0.05) is 24.9 Å². The largest absolute Gasteiger partial charge is 0.481 e. The molecule has 1 amide bonds. The highest BCUT2D eigenvalue weighted by atomic mass is 16.4. The predicted molar refractivity (Wildman–Crippen MR) is 150 cm³/mol. The van der Waals surface area contributed by atoms with Crippen LogP contribution in [0.15, 0.2) is 0 Å². The zero-order valence-corrected chi connectivity index (χ0v) is 23.5. The minimum atomic E-state index is -0.659. The zero-order valence-electron chi connectivity index (χ0n) is 23.5. The molecule has 35 heavy (non-hydrogen) atoms. The molecule has 5 nitrogen and oxygen atoms in total. The number of aliphatic carboxylic acids is 1. The maximum atomic E-state index is 11.9. The molecule has 0 bridgehead atoms. The van der Waals surface area contributed by atoms with Gasteiger partial charge >= 0.3 is 5.97 Å². The highest BCUT2D eigenvalue weighted by Crippen LogP contribution is 2.17. The second-order valence-electron chi connectivity index (χ2n) is 10.7. The molecule has 4 N–H and O–H groups in total. The lowest BCUT2D eigenvalue weighted by Crippen LogP contribution is -2.49. The average molecular weight is 497 g/mol. The van der Waals surface area contributed by atoms with Crippen molar-refractivity contribution >= 4 is 11.9 Å². The van der Waals surface area contributed by atoms with E-state index in [1.54, 1.807) is 0 Å². The van der Waals surface area contributed by atoms with Crippen LogP contribution in [0.4, 0.5) is 0 Å². The molecule has 1 rings (SSSR count). The Labute approximate surface area is 217 Å². The van der Waals surface area contributed by atoms with Gasteiger partial charge in [-0.15, -0.1) is 0 Å². The number of nitrogens with one attached hydrogen (secondary N) is 1. The standard InChI is InChI=1S/C18H36N2O.C12H24O2/c1-2-3-4-5-6-7-8-9-10-15-18(21)20-17-14-12-11-13-16(17)19;1-2-3-4-5-6-7-8-9-10-11-12(13)14/h16-17H,2-15,19H2,1H3,(H,20,21);2-11H2,1H3,(H,13,14). The lowest BCUT2D eigenvalue weighted by Gasteiger charge is -2.29. The summed E-state index contributed by atoms with van der Waals surface area (Å²) in [6, 6.07) is 0.399. The molecule has 5 heteroatoms. The zero-order chi connectivity index (χ0) is 26.0. The van der Waals surface area contributed by atoms with Gasteiger partial charge in [-0.2, -0.15) is 0 Å². The molecular formula is C30H60N2O3. The number of unbranched alkanes of at least 4 members (excludes halogenated alkanes) is 16. The molecule has 0 spiro atoms. The topological polar surface area (TPSA) is 92.4 Å². The summed E-state index contributed by atoms with van der Waals surface area (Å²) in [5, 5.41) is 11.5. The Kier molecular flexibility index (Phi) is 25.2. The fourth-order valence-electron chi connectivity index (χ4n) is 4.80. The van der Waals surface area contributed by atoms with Crippen molar-refractivity contribution < 1.29 is 14.7 Å². The van der Waals surface area contributed by atoms with Crippen molar-refractivity contribution in [2.24, 2.45) is 5.73 Å². The number of carboxylic acids is 1. The summed E-state index contributed by atoms with van der Waals surface area (Å²) >= 11 is 0. The van der Waals surface area contributed by atoms with Crippen LogP contribution >= 0.6 is 0 Å². The van der Waals surface area contributed by atoms with Crippen LogP contribution in [-0.4, -0.2) is 29.1 Å². The van der Waals surface area contributed by atoms with Crippen LogP contribution in [0.2, 0.25) is 0 Å². The third kappa shape index (κ3) is 24.4. The number of carbonyl (C=O) groups is 2. The molecule has 0 heterocycles. The van der Waals surface area contributed by atoms with Gasteiger partial charge in [0.05, 0.1) is 0 Å². The molecule has 1 fully saturated rings. The summed E-state index contributed by atoms with van der Waals surface area (Å²) in [5.41, 5.74) is 6.06. The van der Waals surface area contributed by atoms with E-state index in [9.17, 15) is 9.59 Å². The van der Waals surface area contributed by atoms with Crippen molar-refractivity contribution in [1.29, 1.82) is 0 Å². The molecule has 1 aliphatic rings. The lowest BCUT2D eigenvalue weighted by molar-refractivity contribution is -0.137. The summed E-state index contributed by atoms with van der Waals surface area (Å²) in [5.74, 6) is -0.451. The number of hydrogen-bond donors (Lipinski definition) is 3. The van der Waals surface area contributed by atoms with Crippen molar-refractivity contribution in [2.45, 2.75) is 180 Å². The van der Waals surface area contributed by atoms with Gasteiger partial charge in [0.1, 0.15) is 0 Å². The molecule has 0 aromatic rings. The van der Waals surface area contributed by atoms with Crippen LogP contribution in [0.3, 0.4) is 0 Å². The Balaban J connectivity index is 0.000000720. The van der Waals surface area contributed by atoms with Crippen LogP contribution in [0, 0.1) is 0 Å². The van der Waals surface area contributed by atoms with Crippen LogP contribution in [0.1, 0.15) is 168 Å². The van der Waals surface area contributed by atoms with Gasteiger partial charge in [0.2, 0.25) is 5.91 Å². The van der Waals surface area contributed by atoms with E-state index in [-0.39, 0.29) is 18.0 Å². The first-order valence-corrected chi connectivity index (χ1v) is 15.3. The smallest absolute Gasteiger partial charge is 0.303 e. The van der Waals surface area contributed by atoms with E-state index in [0.717, 1.165) is 32.1 Å². The normalized spacial score (nSPS) is 17.5. The molecule has 0 aliphatic heterocycles. The molecule has 1 aliphatic carbocycles. The number of hydrogen-bond acceptors (Lipinski definition) is 3. The Bertz CT molecular complexity index is 484. The molecule has 1 saturated carbocycles. The van der Waals surface area contributed by atoms with E-state index >= 15 is 0 Å². The quantitative estimate of drug-likeness (QED) is 0.139. The number of amides is 1. The average Bonchev–Trinajstić information content (AvgIpc) is 2.84. The number of carbonyl (C=O) groups excluding carboxylic acids is 1. The minimum Gasteiger partial charge on any atom is -0.481 e. The molecule has 2 unspecified atom stereocenters. The summed E-state index contributed by atoms with van der Waals surface area (Å²) < 4.78 is 0. The first kappa shape index (κ1) is 33.9. The van der Waals surface area contributed by atoms with Gasteiger partial charge in [-0.05, 0) is 25.7 Å². The van der Waals surface area contributed by atoms with E-state index in [1.165, 1.54) is 109 Å². The van der Waals surface area contributed by atoms with Gasteiger partial charge in [-0.25, -0.2) is 0 Å². The Morgan fingerprint density at radius 3 is 1.49 bits per heavy atom. The fourth-order valence-corrected chi connectivity index (χ4v) is 4.80. The molecule has 0 aromatic heterocycles. The SMILES string of the molecule is CCCCCCCCCCCC(=O)NC1CCCCC1N.CCCCCCCCCCCC(=O)O. The highest BCUT2D eigenvalue weighted by molar-refractivity contribution is 5.76. The fraction of sp³-hybridized carbons (Fsp3) is 0.933. The molecule has 2 atom stereocenters. The third-order valence-corrected chi connectivity index (χ3v) is 7.17. The van der Waals surface area contributed by atoms with Crippen molar-refractivity contribution in [3.05, 3.63) is 0 Å². The van der Waals surface area contributed by atoms with Gasteiger partial charge in [-0.3, -0.25) is 9.59 Å². The molecule has 208 valence electrons. The highest BCUT2D eigenvalue weighted by Gasteiger charge is 2.22. The molecular weight excluding hydrogens is 436 g/mol. The minimum absolute atomic E-state index is 0.172. The number of rotatable bonds is 21. The van der Waals surface area contributed by atoms with Gasteiger partial charge in [0.25, 0.3) is 0 Å². The maximum Gasteiger partial charge on any atom is 0.303 e. The van der Waals surface area contributed by atoms with Crippen molar-refractivity contribution in [2.75, 3.05) is 0 Å². The van der Waals surface area contributed by atoms with E-state index in [1.807, 2.05) is 0 Å². The van der Waals surface area contributed by atoms with Gasteiger partial charge < -0.3 is 16.2 Å². The Morgan fingerprint density at radius 2 is 1.06 bits per heavy atom. The predicted octanol–water partition coefficient (Wildman–Crippen LogP) is 8.29. The van der Waals surface area contributed by atoms with E-state index < -0.39 is 5.97 Å². The number of nitrogens with two attached hydrogens (primary N) is 1. The summed E-state index contributed by atoms with van der Waals surface area (Å²) in [4.78, 5) is 22.1. The van der Waals surface area contributed by atoms with Crippen LogP contribution < -0.4 is 11.1 Å². The second kappa shape index (κ2) is 26.0. The first-order chi connectivity index (χ1) is 17.0. The van der Waals surface area contributed by atoms with Gasteiger partial charge in [0.15, 0.2) is 0 Å². The van der Waals surface area contributed by atoms with Crippen LogP contribution in [0.25, 0.3) is 0 Å². The van der Waals surface area contributed by atoms with Crippen molar-refractivity contribution in [3.8, 4) is 0 Å². The Morgan fingerprint density at radius 1 is 0.657 bits per heavy atom. The van der Waals surface area contributed by atoms with E-state index in [0.29, 0.717) is 12.8 Å². The van der Waals surface area contributed by atoms with Crippen molar-refractivity contribution in [1.82, 2.24) is 5.32 Å². The third-order valence-electron chi connectivity index (χ3n) is 7.17. The van der Waals surface area contributed by atoms with Crippen molar-refractivity contribution in [3.63, 3.8) is 0 Å². The summed E-state index contributed by atoms with van der Waals surface area (Å²) in [6.07, 6.45) is 28.4. The van der Waals surface area contributed by atoms with E-state index in [4.69, 9.17) is 10.8 Å².